The van der Waals surface area contributed by atoms with E-state index in [0.29, 0.717) is 10.6 Å². The van der Waals surface area contributed by atoms with Gasteiger partial charge in [0, 0.05) is 17.0 Å². The second kappa shape index (κ2) is 7.97. The van der Waals surface area contributed by atoms with Gasteiger partial charge in [-0.25, -0.2) is 9.18 Å². The number of halogens is 1. The minimum Gasteiger partial charge on any atom is -0.465 e. The van der Waals surface area contributed by atoms with Crippen molar-refractivity contribution in [3.8, 4) is 11.1 Å². The normalized spacial score (nSPS) is 15.8. The van der Waals surface area contributed by atoms with Gasteiger partial charge in [0.25, 0.3) is 0 Å². The van der Waals surface area contributed by atoms with Gasteiger partial charge in [0.1, 0.15) is 16.4 Å². The lowest BCUT2D eigenvalue weighted by atomic mass is 10.0. The number of anilines is 1. The van der Waals surface area contributed by atoms with E-state index in [0.717, 1.165) is 35.6 Å². The molecule has 2 N–H and O–H groups in total. The maximum absolute atomic E-state index is 13.3. The molecule has 1 aliphatic heterocycles. The molecule has 1 aromatic heterocycles. The van der Waals surface area contributed by atoms with E-state index in [2.05, 4.69) is 4.90 Å². The van der Waals surface area contributed by atoms with Crippen molar-refractivity contribution < 1.29 is 13.9 Å². The Morgan fingerprint density at radius 3 is 2.44 bits per heavy atom. The fourth-order valence-corrected chi connectivity index (χ4v) is 4.45. The highest BCUT2D eigenvalue weighted by Crippen LogP contribution is 2.40. The smallest absolute Gasteiger partial charge is 0.341 e. The number of esters is 1. The second-order valence-corrected chi connectivity index (χ2v) is 7.47. The van der Waals surface area contributed by atoms with Gasteiger partial charge < -0.3 is 10.5 Å². The van der Waals surface area contributed by atoms with Crippen LogP contribution in [0, 0.1) is 5.82 Å². The number of nitrogens with two attached hydrogens (primary N) is 1. The van der Waals surface area contributed by atoms with Crippen LogP contribution in [0.3, 0.4) is 0 Å². The second-order valence-electron chi connectivity index (χ2n) is 6.33. The third-order valence-corrected chi connectivity index (χ3v) is 5.60. The van der Waals surface area contributed by atoms with Crippen LogP contribution in [-0.2, 0) is 11.3 Å². The molecule has 2 aromatic rings. The number of hydrogen-bond donors (Lipinski definition) is 1. The first-order valence-electron chi connectivity index (χ1n) is 8.58. The molecule has 0 bridgehead atoms. The number of ether oxygens (including phenoxy) is 1. The number of methoxy groups -OCH3 is 1. The van der Waals surface area contributed by atoms with E-state index >= 15 is 0 Å². The molecule has 134 valence electrons. The Hall–Kier alpha value is -1.92. The van der Waals surface area contributed by atoms with Gasteiger partial charge in [-0.15, -0.1) is 11.3 Å². The first-order valence-corrected chi connectivity index (χ1v) is 9.39. The SMILES string of the molecule is COC(=O)c1c(N)sc(CN2CCCCCC2)c1-c1ccc(F)cc1. The molecule has 1 fully saturated rings. The van der Waals surface area contributed by atoms with Crippen LogP contribution >= 0.6 is 11.3 Å². The molecule has 1 aromatic carbocycles. The number of carbonyl (C=O) groups is 1. The summed E-state index contributed by atoms with van der Waals surface area (Å²) >= 11 is 1.43. The lowest BCUT2D eigenvalue weighted by molar-refractivity contribution is 0.0603. The van der Waals surface area contributed by atoms with E-state index < -0.39 is 5.97 Å². The quantitative estimate of drug-likeness (QED) is 0.824. The molecule has 0 spiro atoms. The number of hydrogen-bond acceptors (Lipinski definition) is 5. The van der Waals surface area contributed by atoms with E-state index in [1.807, 2.05) is 0 Å². The van der Waals surface area contributed by atoms with Gasteiger partial charge >= 0.3 is 5.97 Å². The van der Waals surface area contributed by atoms with Crippen LogP contribution < -0.4 is 5.73 Å². The fourth-order valence-electron chi connectivity index (χ4n) is 3.33. The highest BCUT2D eigenvalue weighted by Gasteiger charge is 2.25. The van der Waals surface area contributed by atoms with Crippen LogP contribution in [0.5, 0.6) is 0 Å². The van der Waals surface area contributed by atoms with Crippen molar-refractivity contribution in [2.45, 2.75) is 32.2 Å². The van der Waals surface area contributed by atoms with Crippen LogP contribution in [0.2, 0.25) is 0 Å². The van der Waals surface area contributed by atoms with Gasteiger partial charge in [-0.1, -0.05) is 25.0 Å². The highest BCUT2D eigenvalue weighted by atomic mass is 32.1. The number of likely N-dealkylation sites (tertiary alicyclic amines) is 1. The van der Waals surface area contributed by atoms with Crippen LogP contribution in [0.15, 0.2) is 24.3 Å². The first kappa shape index (κ1) is 17.9. The maximum atomic E-state index is 13.3. The lowest BCUT2D eigenvalue weighted by Crippen LogP contribution is -2.23. The van der Waals surface area contributed by atoms with Gasteiger partial charge in [0.05, 0.1) is 7.11 Å². The molecular formula is C19H23FN2O2S. The molecule has 6 heteroatoms. The van der Waals surface area contributed by atoms with Gasteiger partial charge in [0.15, 0.2) is 0 Å². The highest BCUT2D eigenvalue weighted by molar-refractivity contribution is 7.17. The van der Waals surface area contributed by atoms with E-state index in [-0.39, 0.29) is 5.82 Å². The van der Waals surface area contributed by atoms with E-state index in [1.165, 1.54) is 56.3 Å². The summed E-state index contributed by atoms with van der Waals surface area (Å²) in [5.41, 5.74) is 8.11. The Kier molecular flexibility index (Phi) is 5.71. The van der Waals surface area contributed by atoms with Gasteiger partial charge in [-0.05, 0) is 43.6 Å². The topological polar surface area (TPSA) is 55.6 Å². The molecule has 0 radical (unpaired) electrons. The molecule has 0 unspecified atom stereocenters. The number of nitrogen functional groups attached to an aromatic ring is 1. The van der Waals surface area contributed by atoms with E-state index in [4.69, 9.17) is 10.5 Å². The van der Waals surface area contributed by atoms with Crippen molar-refractivity contribution in [3.05, 3.63) is 40.5 Å². The maximum Gasteiger partial charge on any atom is 0.341 e. The molecule has 2 heterocycles. The van der Waals surface area contributed by atoms with Gasteiger partial charge in [0.2, 0.25) is 0 Å². The number of benzene rings is 1. The van der Waals surface area contributed by atoms with Crippen LogP contribution in [0.4, 0.5) is 9.39 Å². The van der Waals surface area contributed by atoms with Crippen LogP contribution in [-0.4, -0.2) is 31.1 Å². The molecule has 1 saturated heterocycles. The summed E-state index contributed by atoms with van der Waals surface area (Å²) in [5.74, 6) is -0.754. The number of thiophene rings is 1. The van der Waals surface area contributed by atoms with Crippen molar-refractivity contribution in [1.82, 2.24) is 4.90 Å². The predicted octanol–water partition coefficient (Wildman–Crippen LogP) is 4.30. The fraction of sp³-hybridized carbons (Fsp3) is 0.421. The average molecular weight is 362 g/mol. The van der Waals surface area contributed by atoms with Crippen molar-refractivity contribution in [2.24, 2.45) is 0 Å². The van der Waals surface area contributed by atoms with Gasteiger partial charge in [-0.2, -0.15) is 0 Å². The van der Waals surface area contributed by atoms with Crippen molar-refractivity contribution >= 4 is 22.3 Å². The molecule has 3 rings (SSSR count). The summed E-state index contributed by atoms with van der Waals surface area (Å²) in [5, 5.41) is 0.455. The average Bonchev–Trinajstić information content (AvgIpc) is 2.77. The third-order valence-electron chi connectivity index (χ3n) is 4.60. The minimum absolute atomic E-state index is 0.305. The predicted molar refractivity (Wildman–Crippen MR) is 99.2 cm³/mol. The Morgan fingerprint density at radius 1 is 1.20 bits per heavy atom. The minimum atomic E-state index is -0.449. The summed E-state index contributed by atoms with van der Waals surface area (Å²) < 4.78 is 18.3. The molecule has 0 aliphatic carbocycles. The van der Waals surface area contributed by atoms with Crippen molar-refractivity contribution in [2.75, 3.05) is 25.9 Å². The van der Waals surface area contributed by atoms with E-state index in [1.54, 1.807) is 12.1 Å². The lowest BCUT2D eigenvalue weighted by Gasteiger charge is -2.20. The molecule has 1 aliphatic rings. The Bertz CT molecular complexity index is 735. The molecule has 0 atom stereocenters. The van der Waals surface area contributed by atoms with Crippen molar-refractivity contribution in [1.29, 1.82) is 0 Å². The number of rotatable bonds is 4. The Morgan fingerprint density at radius 2 is 1.84 bits per heavy atom. The Labute approximate surface area is 151 Å². The third kappa shape index (κ3) is 4.02. The Balaban J connectivity index is 2.01. The summed E-state index contributed by atoms with van der Waals surface area (Å²) in [6, 6.07) is 6.18. The monoisotopic (exact) mass is 362 g/mol. The number of nitrogens with zero attached hydrogens (tertiary/aromatic N) is 1. The zero-order valence-electron chi connectivity index (χ0n) is 14.4. The molecule has 4 nitrogen and oxygen atoms in total. The first-order chi connectivity index (χ1) is 12.1. The van der Waals surface area contributed by atoms with E-state index in [9.17, 15) is 9.18 Å². The van der Waals surface area contributed by atoms with Crippen LogP contribution in [0.1, 0.15) is 40.9 Å². The molecule has 0 saturated carbocycles. The molecule has 0 amide bonds. The summed E-state index contributed by atoms with van der Waals surface area (Å²) in [6.45, 7) is 2.85. The summed E-state index contributed by atoms with van der Waals surface area (Å²) in [4.78, 5) is 15.7. The zero-order chi connectivity index (χ0) is 17.8. The standard InChI is InChI=1S/C19H23FN2O2S/c1-24-19(23)17-16(13-6-8-14(20)9-7-13)15(25-18(17)21)12-22-10-4-2-3-5-11-22/h6-9H,2-5,10-12,21H2,1H3. The molecule has 25 heavy (non-hydrogen) atoms. The van der Waals surface area contributed by atoms with Crippen LogP contribution in [0.25, 0.3) is 11.1 Å². The largest absolute Gasteiger partial charge is 0.465 e. The number of carbonyl (C=O) groups excluding carboxylic acids is 1. The van der Waals surface area contributed by atoms with Crippen molar-refractivity contribution in [3.63, 3.8) is 0 Å². The zero-order valence-corrected chi connectivity index (χ0v) is 15.2. The molecular weight excluding hydrogens is 339 g/mol. The summed E-state index contributed by atoms with van der Waals surface area (Å²) in [7, 11) is 1.35. The summed E-state index contributed by atoms with van der Waals surface area (Å²) in [6.07, 6.45) is 4.91. The van der Waals surface area contributed by atoms with Gasteiger partial charge in [-0.3, -0.25) is 4.90 Å².